The van der Waals surface area contributed by atoms with Crippen molar-refractivity contribution in [3.8, 4) is 11.1 Å². The molecule has 1 heterocycles. The number of amides is 1. The number of carbonyl (C=O) groups is 1. The number of nitrogens with zero attached hydrogens (tertiary/aromatic N) is 2. The van der Waals surface area contributed by atoms with Crippen LogP contribution in [0.5, 0.6) is 0 Å². The van der Waals surface area contributed by atoms with E-state index in [-0.39, 0.29) is 17.6 Å². The van der Waals surface area contributed by atoms with Crippen LogP contribution in [0.4, 0.5) is 10.2 Å². The van der Waals surface area contributed by atoms with E-state index in [9.17, 15) is 9.18 Å². The first kappa shape index (κ1) is 19.3. The average Bonchev–Trinajstić information content (AvgIpc) is 2.89. The van der Waals surface area contributed by atoms with Crippen LogP contribution in [-0.2, 0) is 18.3 Å². The van der Waals surface area contributed by atoms with Gasteiger partial charge in [0.2, 0.25) is 5.91 Å². The normalized spacial score (nSPS) is 12.0. The zero-order chi connectivity index (χ0) is 19.6. The molecule has 1 amide bonds. The summed E-state index contributed by atoms with van der Waals surface area (Å²) in [5.74, 6) is -0.0637. The maximum absolute atomic E-state index is 13.4. The molecule has 140 valence electrons. The highest BCUT2D eigenvalue weighted by atomic mass is 79.9. The number of benzene rings is 2. The summed E-state index contributed by atoms with van der Waals surface area (Å²) in [7, 11) is 1.81. The Bertz CT molecular complexity index is 966. The Labute approximate surface area is 166 Å². The third-order valence-electron chi connectivity index (χ3n) is 4.48. The summed E-state index contributed by atoms with van der Waals surface area (Å²) in [4.78, 5) is 12.7. The lowest BCUT2D eigenvalue weighted by atomic mass is 10.00. The van der Waals surface area contributed by atoms with E-state index >= 15 is 0 Å². The fourth-order valence-corrected chi connectivity index (χ4v) is 3.38. The summed E-state index contributed by atoms with van der Waals surface area (Å²) in [5.41, 5.74) is 3.52. The van der Waals surface area contributed by atoms with Gasteiger partial charge in [-0.2, -0.15) is 5.10 Å². The van der Waals surface area contributed by atoms with Crippen molar-refractivity contribution in [2.45, 2.75) is 20.3 Å². The molecular formula is C21H21BrFN3O. The minimum Gasteiger partial charge on any atom is -0.310 e. The van der Waals surface area contributed by atoms with E-state index in [1.54, 1.807) is 10.7 Å². The van der Waals surface area contributed by atoms with Gasteiger partial charge in [0.05, 0.1) is 5.69 Å². The topological polar surface area (TPSA) is 46.9 Å². The molecule has 3 rings (SSSR count). The molecule has 0 spiro atoms. The Morgan fingerprint density at radius 3 is 2.63 bits per heavy atom. The fraction of sp³-hybridized carbons (Fsp3) is 0.238. The van der Waals surface area contributed by atoms with E-state index in [1.165, 1.54) is 12.1 Å². The number of rotatable bonds is 5. The number of anilines is 1. The first-order valence-corrected chi connectivity index (χ1v) is 9.49. The van der Waals surface area contributed by atoms with Crippen LogP contribution in [0.3, 0.4) is 0 Å². The molecule has 0 aliphatic carbocycles. The third kappa shape index (κ3) is 4.45. The smallest absolute Gasteiger partial charge is 0.228 e. The van der Waals surface area contributed by atoms with Crippen LogP contribution in [-0.4, -0.2) is 15.7 Å². The van der Waals surface area contributed by atoms with E-state index in [0.29, 0.717) is 12.2 Å². The first-order chi connectivity index (χ1) is 12.8. The maximum atomic E-state index is 13.4. The number of aryl methyl sites for hydroxylation is 2. The number of halogens is 2. The van der Waals surface area contributed by atoms with Gasteiger partial charge >= 0.3 is 0 Å². The zero-order valence-electron chi connectivity index (χ0n) is 15.5. The van der Waals surface area contributed by atoms with Gasteiger partial charge in [0, 0.05) is 23.0 Å². The fourth-order valence-electron chi connectivity index (χ4n) is 3.11. The van der Waals surface area contributed by atoms with Crippen LogP contribution in [0.2, 0.25) is 0 Å². The Morgan fingerprint density at radius 1 is 1.26 bits per heavy atom. The SMILES string of the molecule is Cc1nn(C)c(NC(=O)C(C)Cc2cccc(F)c2)c1-c1ccc(Br)cc1. The second-order valence-electron chi connectivity index (χ2n) is 6.66. The number of hydrogen-bond acceptors (Lipinski definition) is 2. The number of carbonyl (C=O) groups excluding carboxylic acids is 1. The lowest BCUT2D eigenvalue weighted by molar-refractivity contribution is -0.119. The van der Waals surface area contributed by atoms with Gasteiger partial charge < -0.3 is 5.32 Å². The predicted molar refractivity (Wildman–Crippen MR) is 109 cm³/mol. The molecule has 0 saturated carbocycles. The molecule has 1 unspecified atom stereocenters. The molecule has 0 aliphatic rings. The quantitative estimate of drug-likeness (QED) is 0.611. The Kier molecular flexibility index (Phi) is 5.75. The Morgan fingerprint density at radius 2 is 1.96 bits per heavy atom. The summed E-state index contributed by atoms with van der Waals surface area (Å²) >= 11 is 3.44. The molecule has 3 aromatic rings. The highest BCUT2D eigenvalue weighted by Crippen LogP contribution is 2.32. The molecular weight excluding hydrogens is 409 g/mol. The van der Waals surface area contributed by atoms with E-state index in [1.807, 2.05) is 51.2 Å². The van der Waals surface area contributed by atoms with Crippen molar-refractivity contribution < 1.29 is 9.18 Å². The van der Waals surface area contributed by atoms with Gasteiger partial charge in [-0.05, 0) is 48.7 Å². The van der Waals surface area contributed by atoms with E-state index < -0.39 is 0 Å². The van der Waals surface area contributed by atoms with Crippen molar-refractivity contribution in [3.63, 3.8) is 0 Å². The summed E-state index contributed by atoms with van der Waals surface area (Å²) < 4.78 is 16.0. The second kappa shape index (κ2) is 8.05. The van der Waals surface area contributed by atoms with Gasteiger partial charge in [-0.15, -0.1) is 0 Å². The maximum Gasteiger partial charge on any atom is 0.228 e. The zero-order valence-corrected chi connectivity index (χ0v) is 17.0. The van der Waals surface area contributed by atoms with Crippen molar-refractivity contribution in [1.29, 1.82) is 0 Å². The van der Waals surface area contributed by atoms with Gasteiger partial charge in [-0.25, -0.2) is 4.39 Å². The van der Waals surface area contributed by atoms with Crippen LogP contribution < -0.4 is 5.32 Å². The van der Waals surface area contributed by atoms with Crippen LogP contribution in [0.15, 0.2) is 53.0 Å². The van der Waals surface area contributed by atoms with Crippen molar-refractivity contribution in [2.24, 2.45) is 13.0 Å². The molecule has 0 radical (unpaired) electrons. The minimum atomic E-state index is -0.306. The molecule has 2 aromatic carbocycles. The molecule has 27 heavy (non-hydrogen) atoms. The van der Waals surface area contributed by atoms with Crippen molar-refractivity contribution >= 4 is 27.7 Å². The molecule has 0 fully saturated rings. The number of nitrogens with one attached hydrogen (secondary N) is 1. The molecule has 0 bridgehead atoms. The molecule has 6 heteroatoms. The first-order valence-electron chi connectivity index (χ1n) is 8.70. The standard InChI is InChI=1S/C21H21BrFN3O/c1-13(11-15-5-4-6-18(23)12-15)21(27)24-20-19(14(2)25-26(20)3)16-7-9-17(22)10-8-16/h4-10,12-13H,11H2,1-3H3,(H,24,27). The van der Waals surface area contributed by atoms with Crippen molar-refractivity contribution in [3.05, 3.63) is 70.1 Å². The minimum absolute atomic E-state index is 0.124. The molecule has 1 aromatic heterocycles. The van der Waals surface area contributed by atoms with E-state index in [2.05, 4.69) is 26.3 Å². The van der Waals surface area contributed by atoms with Crippen LogP contribution in [0.25, 0.3) is 11.1 Å². The van der Waals surface area contributed by atoms with Gasteiger partial charge in [0.15, 0.2) is 0 Å². The van der Waals surface area contributed by atoms with Crippen LogP contribution >= 0.6 is 15.9 Å². The van der Waals surface area contributed by atoms with E-state index in [0.717, 1.165) is 26.9 Å². The van der Waals surface area contributed by atoms with Gasteiger partial charge in [-0.1, -0.05) is 47.1 Å². The number of hydrogen-bond donors (Lipinski definition) is 1. The second-order valence-corrected chi connectivity index (χ2v) is 7.58. The summed E-state index contributed by atoms with van der Waals surface area (Å²) in [6.07, 6.45) is 0.466. The molecule has 0 aliphatic heterocycles. The Balaban J connectivity index is 1.82. The van der Waals surface area contributed by atoms with Crippen molar-refractivity contribution in [2.75, 3.05) is 5.32 Å². The van der Waals surface area contributed by atoms with Crippen LogP contribution in [0.1, 0.15) is 18.2 Å². The molecule has 0 saturated heterocycles. The molecule has 4 nitrogen and oxygen atoms in total. The lowest BCUT2D eigenvalue weighted by Crippen LogP contribution is -2.23. The third-order valence-corrected chi connectivity index (χ3v) is 5.00. The van der Waals surface area contributed by atoms with Gasteiger partial charge in [0.25, 0.3) is 0 Å². The van der Waals surface area contributed by atoms with Crippen LogP contribution in [0, 0.1) is 18.7 Å². The monoisotopic (exact) mass is 429 g/mol. The van der Waals surface area contributed by atoms with Crippen molar-refractivity contribution in [1.82, 2.24) is 9.78 Å². The summed E-state index contributed by atoms with van der Waals surface area (Å²) in [5, 5.41) is 7.46. The van der Waals surface area contributed by atoms with Gasteiger partial charge in [0.1, 0.15) is 11.6 Å². The lowest BCUT2D eigenvalue weighted by Gasteiger charge is -2.14. The molecule has 1 N–H and O–H groups in total. The average molecular weight is 430 g/mol. The highest BCUT2D eigenvalue weighted by Gasteiger charge is 2.20. The Hall–Kier alpha value is -2.47. The van der Waals surface area contributed by atoms with E-state index in [4.69, 9.17) is 0 Å². The summed E-state index contributed by atoms with van der Waals surface area (Å²) in [6, 6.07) is 14.2. The number of aromatic nitrogens is 2. The van der Waals surface area contributed by atoms with Gasteiger partial charge in [-0.3, -0.25) is 9.48 Å². The summed E-state index contributed by atoms with van der Waals surface area (Å²) in [6.45, 7) is 3.76. The highest BCUT2D eigenvalue weighted by molar-refractivity contribution is 9.10. The largest absolute Gasteiger partial charge is 0.310 e. The molecule has 1 atom stereocenters. The predicted octanol–water partition coefficient (Wildman–Crippen LogP) is 5.11.